The molecule has 1 nitrogen and oxygen atoms in total. The van der Waals surface area contributed by atoms with Gasteiger partial charge in [0.2, 0.25) is 0 Å². The highest BCUT2D eigenvalue weighted by atomic mass is 35.5. The van der Waals surface area contributed by atoms with E-state index in [0.29, 0.717) is 27.7 Å². The van der Waals surface area contributed by atoms with Crippen LogP contribution in [0.25, 0.3) is 0 Å². The standard InChI is InChI=1S/C12H14Cl3NS/c13-10-3-4-11(14)12(15)9(10)6-16-8-2-1-5-17-7-8/h3-4,8,16H,1-2,5-7H2. The van der Waals surface area contributed by atoms with Crippen LogP contribution < -0.4 is 5.32 Å². The molecule has 1 saturated heterocycles. The molecule has 1 aromatic rings. The van der Waals surface area contributed by atoms with E-state index in [1.165, 1.54) is 18.6 Å². The first-order valence-electron chi connectivity index (χ1n) is 5.62. The van der Waals surface area contributed by atoms with Gasteiger partial charge in [0.1, 0.15) is 0 Å². The molecule has 5 heteroatoms. The highest BCUT2D eigenvalue weighted by Crippen LogP contribution is 2.31. The van der Waals surface area contributed by atoms with Gasteiger partial charge >= 0.3 is 0 Å². The second-order valence-corrected chi connectivity index (χ2v) is 6.46. The van der Waals surface area contributed by atoms with Crippen molar-refractivity contribution in [2.45, 2.75) is 25.4 Å². The van der Waals surface area contributed by atoms with E-state index in [9.17, 15) is 0 Å². The SMILES string of the molecule is Clc1ccc(Cl)c(CNC2CCCSC2)c1Cl. The summed E-state index contributed by atoms with van der Waals surface area (Å²) in [5.41, 5.74) is 0.899. The molecule has 1 atom stereocenters. The second-order valence-electron chi connectivity index (χ2n) is 4.12. The van der Waals surface area contributed by atoms with E-state index >= 15 is 0 Å². The summed E-state index contributed by atoms with van der Waals surface area (Å²) in [4.78, 5) is 0. The zero-order valence-corrected chi connectivity index (χ0v) is 12.4. The Balaban J connectivity index is 2.00. The van der Waals surface area contributed by atoms with E-state index in [1.54, 1.807) is 12.1 Å². The van der Waals surface area contributed by atoms with E-state index in [2.05, 4.69) is 5.32 Å². The Morgan fingerprint density at radius 3 is 2.71 bits per heavy atom. The molecule has 0 saturated carbocycles. The van der Waals surface area contributed by atoms with Crippen molar-refractivity contribution in [3.05, 3.63) is 32.8 Å². The van der Waals surface area contributed by atoms with Crippen LogP contribution in [0.15, 0.2) is 12.1 Å². The van der Waals surface area contributed by atoms with Gasteiger partial charge < -0.3 is 5.32 Å². The van der Waals surface area contributed by atoms with Crippen LogP contribution in [0.1, 0.15) is 18.4 Å². The summed E-state index contributed by atoms with van der Waals surface area (Å²) in [7, 11) is 0. The monoisotopic (exact) mass is 309 g/mol. The molecule has 2 rings (SSSR count). The predicted octanol–water partition coefficient (Wildman–Crippen LogP) is 4.63. The van der Waals surface area contributed by atoms with Gasteiger partial charge in [0, 0.05) is 28.9 Å². The first-order chi connectivity index (χ1) is 8.18. The van der Waals surface area contributed by atoms with Crippen molar-refractivity contribution < 1.29 is 0 Å². The normalized spacial score (nSPS) is 20.5. The van der Waals surface area contributed by atoms with Crippen molar-refractivity contribution in [1.82, 2.24) is 5.32 Å². The van der Waals surface area contributed by atoms with Crippen LogP contribution in [0, 0.1) is 0 Å². The number of hydrogen-bond acceptors (Lipinski definition) is 2. The van der Waals surface area contributed by atoms with Gasteiger partial charge in [0.15, 0.2) is 0 Å². The van der Waals surface area contributed by atoms with E-state index in [1.807, 2.05) is 11.8 Å². The molecule has 1 aromatic carbocycles. The van der Waals surface area contributed by atoms with Crippen LogP contribution >= 0.6 is 46.6 Å². The molecule has 0 radical (unpaired) electrons. The number of thioether (sulfide) groups is 1. The van der Waals surface area contributed by atoms with Crippen molar-refractivity contribution in [1.29, 1.82) is 0 Å². The van der Waals surface area contributed by atoms with E-state index in [4.69, 9.17) is 34.8 Å². The maximum Gasteiger partial charge on any atom is 0.0652 e. The zero-order valence-electron chi connectivity index (χ0n) is 9.31. The topological polar surface area (TPSA) is 12.0 Å². The fourth-order valence-corrected chi connectivity index (χ4v) is 3.67. The van der Waals surface area contributed by atoms with Crippen molar-refractivity contribution in [3.63, 3.8) is 0 Å². The molecule has 1 heterocycles. The lowest BCUT2D eigenvalue weighted by Crippen LogP contribution is -2.33. The molecule has 0 bridgehead atoms. The van der Waals surface area contributed by atoms with Gasteiger partial charge in [-0.05, 0) is 30.7 Å². The number of nitrogens with one attached hydrogen (secondary N) is 1. The molecule has 0 aliphatic carbocycles. The summed E-state index contributed by atoms with van der Waals surface area (Å²) < 4.78 is 0. The molecule has 94 valence electrons. The number of benzene rings is 1. The Labute approximate surface area is 121 Å². The number of rotatable bonds is 3. The summed E-state index contributed by atoms with van der Waals surface area (Å²) >= 11 is 20.3. The van der Waals surface area contributed by atoms with Crippen molar-refractivity contribution in [2.75, 3.05) is 11.5 Å². The third kappa shape index (κ3) is 3.68. The van der Waals surface area contributed by atoms with Crippen LogP contribution in [-0.2, 0) is 6.54 Å². The summed E-state index contributed by atoms with van der Waals surface area (Å²) in [6.45, 7) is 0.684. The summed E-state index contributed by atoms with van der Waals surface area (Å²) in [5, 5.41) is 5.30. The molecular weight excluding hydrogens is 297 g/mol. The first kappa shape index (κ1) is 13.8. The molecule has 0 aromatic heterocycles. The Hall–Kier alpha value is 0.400. The van der Waals surface area contributed by atoms with Gasteiger partial charge in [-0.1, -0.05) is 34.8 Å². The molecule has 1 aliphatic rings. The van der Waals surface area contributed by atoms with Crippen molar-refractivity contribution in [2.24, 2.45) is 0 Å². The van der Waals surface area contributed by atoms with Crippen LogP contribution in [-0.4, -0.2) is 17.5 Å². The van der Waals surface area contributed by atoms with Crippen LogP contribution in [0.2, 0.25) is 15.1 Å². The molecular formula is C12H14Cl3NS. The molecule has 1 aliphatic heterocycles. The predicted molar refractivity (Wildman–Crippen MR) is 78.7 cm³/mol. The molecule has 1 fully saturated rings. The average Bonchev–Trinajstić information content (AvgIpc) is 2.35. The van der Waals surface area contributed by atoms with Crippen LogP contribution in [0.5, 0.6) is 0 Å². The molecule has 0 amide bonds. The Kier molecular flexibility index (Phi) is 5.31. The van der Waals surface area contributed by atoms with E-state index in [-0.39, 0.29) is 0 Å². The lowest BCUT2D eigenvalue weighted by atomic mass is 10.1. The molecule has 0 spiro atoms. The quantitative estimate of drug-likeness (QED) is 0.817. The molecule has 1 N–H and O–H groups in total. The largest absolute Gasteiger partial charge is 0.309 e. The second kappa shape index (κ2) is 6.53. The van der Waals surface area contributed by atoms with Gasteiger partial charge in [-0.2, -0.15) is 11.8 Å². The number of halogens is 3. The van der Waals surface area contributed by atoms with Crippen molar-refractivity contribution >= 4 is 46.6 Å². The van der Waals surface area contributed by atoms with Crippen LogP contribution in [0.4, 0.5) is 0 Å². The van der Waals surface area contributed by atoms with Crippen molar-refractivity contribution in [3.8, 4) is 0 Å². The third-order valence-corrected chi connectivity index (χ3v) is 5.28. The highest BCUT2D eigenvalue weighted by molar-refractivity contribution is 7.99. The molecule has 1 unspecified atom stereocenters. The Bertz CT molecular complexity index is 392. The summed E-state index contributed by atoms with van der Waals surface area (Å²) in [5.74, 6) is 2.44. The lowest BCUT2D eigenvalue weighted by molar-refractivity contribution is 0.508. The minimum absolute atomic E-state index is 0.555. The van der Waals surface area contributed by atoms with E-state index < -0.39 is 0 Å². The highest BCUT2D eigenvalue weighted by Gasteiger charge is 2.15. The fraction of sp³-hybridized carbons (Fsp3) is 0.500. The van der Waals surface area contributed by atoms with Gasteiger partial charge in [0.05, 0.1) is 10.0 Å². The van der Waals surface area contributed by atoms with Gasteiger partial charge in [-0.25, -0.2) is 0 Å². The smallest absolute Gasteiger partial charge is 0.0652 e. The fourth-order valence-electron chi connectivity index (χ4n) is 1.88. The first-order valence-corrected chi connectivity index (χ1v) is 7.91. The van der Waals surface area contributed by atoms with E-state index in [0.717, 1.165) is 11.3 Å². The Morgan fingerprint density at radius 1 is 1.24 bits per heavy atom. The maximum atomic E-state index is 6.15. The minimum Gasteiger partial charge on any atom is -0.309 e. The average molecular weight is 311 g/mol. The van der Waals surface area contributed by atoms with Gasteiger partial charge in [0.25, 0.3) is 0 Å². The summed E-state index contributed by atoms with van der Waals surface area (Å²) in [6.07, 6.45) is 2.50. The third-order valence-electron chi connectivity index (χ3n) is 2.87. The maximum absolute atomic E-state index is 6.15. The van der Waals surface area contributed by atoms with Gasteiger partial charge in [-0.15, -0.1) is 0 Å². The van der Waals surface area contributed by atoms with Gasteiger partial charge in [-0.3, -0.25) is 0 Å². The molecule has 17 heavy (non-hydrogen) atoms. The minimum atomic E-state index is 0.555. The summed E-state index contributed by atoms with van der Waals surface area (Å²) in [6, 6.07) is 4.08. The Morgan fingerprint density at radius 2 is 2.00 bits per heavy atom. The van der Waals surface area contributed by atoms with Crippen LogP contribution in [0.3, 0.4) is 0 Å². The zero-order chi connectivity index (χ0) is 12.3. The number of hydrogen-bond donors (Lipinski definition) is 1. The lowest BCUT2D eigenvalue weighted by Gasteiger charge is -2.23.